The second kappa shape index (κ2) is 9.92. The first-order valence-corrected chi connectivity index (χ1v) is 12.3. The highest BCUT2D eigenvalue weighted by Crippen LogP contribution is 2.34. The lowest BCUT2D eigenvalue weighted by molar-refractivity contribution is -0.138. The van der Waals surface area contributed by atoms with Gasteiger partial charge in [0.25, 0.3) is 0 Å². The zero-order chi connectivity index (χ0) is 29.6. The van der Waals surface area contributed by atoms with Crippen molar-refractivity contribution in [2.75, 3.05) is 0 Å². The molecule has 0 aliphatic rings. The first kappa shape index (κ1) is 26.8. The van der Waals surface area contributed by atoms with Crippen LogP contribution in [-0.2, 0) is 12.4 Å². The monoisotopic (exact) mass is 575 g/mol. The fraction of sp³-hybridized carbons (Fsp3) is 0.0645. The van der Waals surface area contributed by atoms with E-state index in [4.69, 9.17) is 8.83 Å². The average molecular weight is 575 g/mol. The molecule has 0 radical (unpaired) electrons. The Balaban J connectivity index is 1.22. The Morgan fingerprint density at radius 3 is 1.67 bits per heavy atom. The van der Waals surface area contributed by atoms with E-state index in [9.17, 15) is 31.6 Å². The number of oxazole rings is 2. The summed E-state index contributed by atoms with van der Waals surface area (Å²) < 4.78 is 89.3. The fourth-order valence-electron chi connectivity index (χ4n) is 4.31. The molecular weight excluding hydrogens is 560 g/mol. The third kappa shape index (κ3) is 5.22. The molecular formula is C31H15F6N3O2. The summed E-state index contributed by atoms with van der Waals surface area (Å²) in [6.07, 6.45) is -5.51. The van der Waals surface area contributed by atoms with Crippen molar-refractivity contribution in [2.24, 2.45) is 0 Å². The van der Waals surface area contributed by atoms with Crippen molar-refractivity contribution in [1.29, 1.82) is 5.26 Å². The normalized spacial score (nSPS) is 12.4. The highest BCUT2D eigenvalue weighted by molar-refractivity contribution is 5.80. The van der Waals surface area contributed by atoms with Gasteiger partial charge in [-0.2, -0.15) is 31.6 Å². The van der Waals surface area contributed by atoms with E-state index >= 15 is 0 Å². The number of hydrogen-bond donors (Lipinski definition) is 0. The minimum absolute atomic E-state index is 0.0506. The van der Waals surface area contributed by atoms with Crippen LogP contribution in [-0.4, -0.2) is 9.97 Å². The summed E-state index contributed by atoms with van der Waals surface area (Å²) in [7, 11) is 0. The van der Waals surface area contributed by atoms with Gasteiger partial charge < -0.3 is 8.83 Å². The molecule has 0 bridgehead atoms. The molecule has 42 heavy (non-hydrogen) atoms. The second-order valence-corrected chi connectivity index (χ2v) is 9.27. The summed E-state index contributed by atoms with van der Waals surface area (Å²) in [4.78, 5) is 8.34. The van der Waals surface area contributed by atoms with Gasteiger partial charge in [-0.3, -0.25) is 0 Å². The smallest absolute Gasteiger partial charge is 0.416 e. The predicted molar refractivity (Wildman–Crippen MR) is 143 cm³/mol. The number of fused-ring (bicyclic) bond motifs is 2. The molecule has 0 spiro atoms. The molecule has 0 aliphatic heterocycles. The molecule has 4 aromatic carbocycles. The van der Waals surface area contributed by atoms with E-state index in [-0.39, 0.29) is 34.0 Å². The molecule has 5 nitrogen and oxygen atoms in total. The van der Waals surface area contributed by atoms with Crippen LogP contribution in [0.15, 0.2) is 87.7 Å². The molecule has 0 atom stereocenters. The average Bonchev–Trinajstić information content (AvgIpc) is 3.59. The van der Waals surface area contributed by atoms with Gasteiger partial charge in [0.2, 0.25) is 11.8 Å². The van der Waals surface area contributed by atoms with Gasteiger partial charge in [-0.05, 0) is 71.8 Å². The van der Waals surface area contributed by atoms with Crippen molar-refractivity contribution in [3.8, 4) is 29.0 Å². The maximum Gasteiger partial charge on any atom is 0.416 e. The Morgan fingerprint density at radius 2 is 1.14 bits per heavy atom. The standard InChI is InChI=1S/C31H15F6N3O2/c32-30(33,34)22-9-11-26-24(14-22)39-28(41-26)19-5-2-17(3-6-19)1-4-18-7-8-20(13-21(18)16-38)29-40-25-15-23(31(35,36)37)10-12-27(25)42-29/h1-15H. The van der Waals surface area contributed by atoms with E-state index in [2.05, 4.69) is 16.0 Å². The lowest BCUT2D eigenvalue weighted by Crippen LogP contribution is -2.03. The van der Waals surface area contributed by atoms with Crippen LogP contribution in [0.4, 0.5) is 26.3 Å². The van der Waals surface area contributed by atoms with Crippen LogP contribution in [0.2, 0.25) is 0 Å². The maximum absolute atomic E-state index is 13.0. The van der Waals surface area contributed by atoms with Gasteiger partial charge in [-0.1, -0.05) is 30.4 Å². The van der Waals surface area contributed by atoms with E-state index in [1.807, 2.05) is 0 Å². The molecule has 0 aliphatic carbocycles. The van der Waals surface area contributed by atoms with E-state index < -0.39 is 23.5 Å². The number of benzene rings is 4. The molecule has 208 valence electrons. The Kier molecular flexibility index (Phi) is 6.34. The van der Waals surface area contributed by atoms with Crippen LogP contribution in [0.1, 0.15) is 27.8 Å². The van der Waals surface area contributed by atoms with E-state index in [0.717, 1.165) is 29.8 Å². The summed E-state index contributed by atoms with van der Waals surface area (Å²) in [6, 6.07) is 20.0. The maximum atomic E-state index is 13.0. The first-order valence-electron chi connectivity index (χ1n) is 12.3. The first-order chi connectivity index (χ1) is 20.0. The molecule has 0 N–H and O–H groups in total. The minimum Gasteiger partial charge on any atom is -0.436 e. The molecule has 6 rings (SSSR count). The Labute approximate surface area is 233 Å². The van der Waals surface area contributed by atoms with Crippen LogP contribution in [0.25, 0.3) is 57.3 Å². The van der Waals surface area contributed by atoms with Crippen molar-refractivity contribution >= 4 is 34.4 Å². The zero-order valence-corrected chi connectivity index (χ0v) is 21.1. The highest BCUT2D eigenvalue weighted by atomic mass is 19.4. The molecule has 2 aromatic heterocycles. The summed E-state index contributed by atoms with van der Waals surface area (Å²) >= 11 is 0. The lowest BCUT2D eigenvalue weighted by Gasteiger charge is -2.04. The van der Waals surface area contributed by atoms with Gasteiger partial charge in [0, 0.05) is 11.1 Å². The molecule has 0 fully saturated rings. The van der Waals surface area contributed by atoms with Gasteiger partial charge in [0.15, 0.2) is 11.2 Å². The summed E-state index contributed by atoms with van der Waals surface area (Å²) in [5, 5.41) is 9.70. The number of aromatic nitrogens is 2. The third-order valence-corrected chi connectivity index (χ3v) is 6.46. The van der Waals surface area contributed by atoms with Crippen molar-refractivity contribution in [1.82, 2.24) is 9.97 Å². The number of rotatable bonds is 4. The second-order valence-electron chi connectivity index (χ2n) is 9.27. The van der Waals surface area contributed by atoms with Crippen LogP contribution in [0, 0.1) is 11.3 Å². The van der Waals surface area contributed by atoms with Gasteiger partial charge in [0.05, 0.1) is 22.8 Å². The molecule has 0 saturated carbocycles. The topological polar surface area (TPSA) is 75.8 Å². The Bertz CT molecular complexity index is 2030. The SMILES string of the molecule is N#Cc1cc(-c2nc3cc(C(F)(F)F)ccc3o2)ccc1C=Cc1ccc(-c2nc3cc(C(F)(F)F)ccc3o2)cc1. The van der Waals surface area contributed by atoms with Crippen LogP contribution < -0.4 is 0 Å². The number of nitrogens with zero attached hydrogens (tertiary/aromatic N) is 3. The third-order valence-electron chi connectivity index (χ3n) is 6.46. The zero-order valence-electron chi connectivity index (χ0n) is 21.1. The molecule has 2 heterocycles. The van der Waals surface area contributed by atoms with Crippen LogP contribution in [0.5, 0.6) is 0 Å². The van der Waals surface area contributed by atoms with Crippen LogP contribution >= 0.6 is 0 Å². The number of alkyl halides is 6. The Hall–Kier alpha value is -5.37. The van der Waals surface area contributed by atoms with E-state index in [1.165, 1.54) is 18.2 Å². The molecule has 0 saturated heterocycles. The highest BCUT2D eigenvalue weighted by Gasteiger charge is 2.32. The van der Waals surface area contributed by atoms with Crippen molar-refractivity contribution in [3.63, 3.8) is 0 Å². The van der Waals surface area contributed by atoms with Crippen LogP contribution in [0.3, 0.4) is 0 Å². The summed E-state index contributed by atoms with van der Waals surface area (Å²) in [5.41, 5.74) is 1.56. The number of halogens is 6. The van der Waals surface area contributed by atoms with Crippen molar-refractivity contribution < 1.29 is 35.2 Å². The van der Waals surface area contributed by atoms with Gasteiger partial charge >= 0.3 is 12.4 Å². The van der Waals surface area contributed by atoms with Gasteiger partial charge in [-0.15, -0.1) is 0 Å². The molecule has 0 amide bonds. The summed E-state index contributed by atoms with van der Waals surface area (Å²) in [6.45, 7) is 0. The number of hydrogen-bond acceptors (Lipinski definition) is 5. The molecule has 11 heteroatoms. The fourth-order valence-corrected chi connectivity index (χ4v) is 4.31. The van der Waals surface area contributed by atoms with Crippen molar-refractivity contribution in [3.05, 3.63) is 107 Å². The van der Waals surface area contributed by atoms with Gasteiger partial charge in [-0.25, -0.2) is 9.97 Å². The predicted octanol–water partition coefficient (Wildman–Crippen LogP) is 9.38. The van der Waals surface area contributed by atoms with E-state index in [0.29, 0.717) is 22.3 Å². The molecule has 6 aromatic rings. The van der Waals surface area contributed by atoms with Gasteiger partial charge in [0.1, 0.15) is 11.0 Å². The van der Waals surface area contributed by atoms with Crippen molar-refractivity contribution in [2.45, 2.75) is 12.4 Å². The summed E-state index contributed by atoms with van der Waals surface area (Å²) in [5.74, 6) is 0.261. The molecule has 0 unspecified atom stereocenters. The minimum atomic E-state index is -4.51. The largest absolute Gasteiger partial charge is 0.436 e. The van der Waals surface area contributed by atoms with E-state index in [1.54, 1.807) is 48.6 Å². The number of nitriles is 1. The lowest BCUT2D eigenvalue weighted by atomic mass is 10.0. The quantitative estimate of drug-likeness (QED) is 0.155. The Morgan fingerprint density at radius 1 is 0.619 bits per heavy atom.